The molecule has 1 aromatic rings. The van der Waals surface area contributed by atoms with Crippen molar-refractivity contribution in [1.29, 1.82) is 5.26 Å². The van der Waals surface area contributed by atoms with E-state index in [4.69, 9.17) is 10.00 Å². The second-order valence-electron chi connectivity index (χ2n) is 4.11. The predicted molar refractivity (Wildman–Crippen MR) is 63.2 cm³/mol. The maximum Gasteiger partial charge on any atom is 0.125 e. The van der Waals surface area contributed by atoms with Gasteiger partial charge < -0.3 is 4.74 Å². The number of ether oxygens (including phenoxy) is 1. The van der Waals surface area contributed by atoms with E-state index in [9.17, 15) is 0 Å². The van der Waals surface area contributed by atoms with Crippen molar-refractivity contribution in [3.8, 4) is 6.07 Å². The summed E-state index contributed by atoms with van der Waals surface area (Å²) in [5.41, 5.74) is 0.737. The zero-order valence-corrected chi connectivity index (χ0v) is 10.3. The van der Waals surface area contributed by atoms with Gasteiger partial charge in [-0.2, -0.15) is 5.26 Å². The van der Waals surface area contributed by atoms with Crippen molar-refractivity contribution in [2.75, 3.05) is 6.61 Å². The highest BCUT2D eigenvalue weighted by Gasteiger charge is 2.38. The molecule has 2 rings (SSSR count). The lowest BCUT2D eigenvalue weighted by atomic mass is 10.0. The van der Waals surface area contributed by atoms with Gasteiger partial charge in [-0.15, -0.1) is 11.3 Å². The van der Waals surface area contributed by atoms with Gasteiger partial charge in [-0.1, -0.05) is 12.8 Å². The summed E-state index contributed by atoms with van der Waals surface area (Å²) in [4.78, 5) is 4.54. The van der Waals surface area contributed by atoms with Crippen LogP contribution in [0.5, 0.6) is 0 Å². The van der Waals surface area contributed by atoms with Crippen molar-refractivity contribution >= 4 is 11.3 Å². The lowest BCUT2D eigenvalue weighted by Gasteiger charge is -2.26. The third kappa shape index (κ3) is 2.11. The molecule has 0 unspecified atom stereocenters. The van der Waals surface area contributed by atoms with Crippen LogP contribution in [-0.4, -0.2) is 11.6 Å². The minimum absolute atomic E-state index is 0.146. The average Bonchev–Trinajstić information content (AvgIpc) is 2.88. The van der Waals surface area contributed by atoms with E-state index in [2.05, 4.69) is 11.1 Å². The van der Waals surface area contributed by atoms with Gasteiger partial charge in [0, 0.05) is 12.0 Å². The summed E-state index contributed by atoms with van der Waals surface area (Å²) in [6.07, 6.45) is 4.97. The summed E-state index contributed by atoms with van der Waals surface area (Å²) in [7, 11) is 0. The van der Waals surface area contributed by atoms with Crippen molar-refractivity contribution in [3.63, 3.8) is 0 Å². The van der Waals surface area contributed by atoms with Crippen LogP contribution >= 0.6 is 11.3 Å². The maximum atomic E-state index is 8.65. The SMILES string of the molecule is CCOC1(c2nc(CC#N)cs2)CCCC1. The quantitative estimate of drug-likeness (QED) is 0.807. The van der Waals surface area contributed by atoms with E-state index < -0.39 is 0 Å². The molecule has 0 atom stereocenters. The fraction of sp³-hybridized carbons (Fsp3) is 0.667. The van der Waals surface area contributed by atoms with Crippen molar-refractivity contribution in [1.82, 2.24) is 4.98 Å². The predicted octanol–water partition coefficient (Wildman–Crippen LogP) is 3.01. The van der Waals surface area contributed by atoms with E-state index >= 15 is 0 Å². The van der Waals surface area contributed by atoms with Crippen LogP contribution < -0.4 is 0 Å². The Labute approximate surface area is 100 Å². The minimum atomic E-state index is -0.146. The fourth-order valence-electron chi connectivity index (χ4n) is 2.32. The maximum absolute atomic E-state index is 8.65. The molecule has 0 N–H and O–H groups in total. The first-order valence-electron chi connectivity index (χ1n) is 5.76. The number of nitriles is 1. The first-order valence-corrected chi connectivity index (χ1v) is 6.64. The van der Waals surface area contributed by atoms with Crippen molar-refractivity contribution in [2.45, 2.75) is 44.6 Å². The summed E-state index contributed by atoms with van der Waals surface area (Å²) in [5, 5.41) is 11.7. The zero-order chi connectivity index (χ0) is 11.4. The fourth-order valence-corrected chi connectivity index (χ4v) is 3.35. The number of aromatic nitrogens is 1. The van der Waals surface area contributed by atoms with Crippen molar-refractivity contribution in [3.05, 3.63) is 16.1 Å². The van der Waals surface area contributed by atoms with Crippen molar-refractivity contribution < 1.29 is 4.74 Å². The molecule has 0 bridgehead atoms. The van der Waals surface area contributed by atoms with Gasteiger partial charge in [0.15, 0.2) is 0 Å². The molecule has 1 aliphatic carbocycles. The van der Waals surface area contributed by atoms with Crippen LogP contribution in [0.1, 0.15) is 43.3 Å². The van der Waals surface area contributed by atoms with Crippen LogP contribution in [0.2, 0.25) is 0 Å². The van der Waals surface area contributed by atoms with Crippen LogP contribution in [0.4, 0.5) is 0 Å². The zero-order valence-electron chi connectivity index (χ0n) is 9.53. The summed E-state index contributed by atoms with van der Waals surface area (Å²) in [5.74, 6) is 0. The Bertz CT molecular complexity index is 388. The lowest BCUT2D eigenvalue weighted by molar-refractivity contribution is -0.0391. The van der Waals surface area contributed by atoms with Crippen LogP contribution in [-0.2, 0) is 16.8 Å². The third-order valence-electron chi connectivity index (χ3n) is 3.03. The van der Waals surface area contributed by atoms with Gasteiger partial charge in [-0.25, -0.2) is 4.98 Å². The van der Waals surface area contributed by atoms with Gasteiger partial charge in [-0.05, 0) is 19.8 Å². The molecule has 1 saturated carbocycles. The highest BCUT2D eigenvalue weighted by molar-refractivity contribution is 7.09. The van der Waals surface area contributed by atoms with Crippen LogP contribution in [0.25, 0.3) is 0 Å². The third-order valence-corrected chi connectivity index (χ3v) is 4.11. The monoisotopic (exact) mass is 236 g/mol. The number of hydrogen-bond acceptors (Lipinski definition) is 4. The molecule has 0 amide bonds. The smallest absolute Gasteiger partial charge is 0.125 e. The van der Waals surface area contributed by atoms with Gasteiger partial charge in [0.2, 0.25) is 0 Å². The molecule has 16 heavy (non-hydrogen) atoms. The van der Waals surface area contributed by atoms with Crippen molar-refractivity contribution in [2.24, 2.45) is 0 Å². The minimum Gasteiger partial charge on any atom is -0.368 e. The molecule has 4 heteroatoms. The molecule has 0 saturated heterocycles. The van der Waals surface area contributed by atoms with Crippen LogP contribution in [0.15, 0.2) is 5.38 Å². The molecule has 0 aliphatic heterocycles. The van der Waals surface area contributed by atoms with E-state index in [0.717, 1.165) is 30.2 Å². The molecule has 1 fully saturated rings. The number of nitrogens with zero attached hydrogens (tertiary/aromatic N) is 2. The standard InChI is InChI=1S/C12H16N2OS/c1-2-15-12(6-3-4-7-12)11-14-10(5-8-13)9-16-11/h9H,2-7H2,1H3. The summed E-state index contributed by atoms with van der Waals surface area (Å²) >= 11 is 1.64. The Hall–Kier alpha value is -0.920. The van der Waals surface area contributed by atoms with E-state index in [0.29, 0.717) is 6.42 Å². The Balaban J connectivity index is 2.22. The second kappa shape index (κ2) is 4.94. The molecule has 0 radical (unpaired) electrons. The Morgan fingerprint density at radius 1 is 1.56 bits per heavy atom. The molecule has 1 heterocycles. The van der Waals surface area contributed by atoms with E-state index in [1.807, 2.05) is 12.3 Å². The second-order valence-corrected chi connectivity index (χ2v) is 4.97. The summed E-state index contributed by atoms with van der Waals surface area (Å²) in [6.45, 7) is 2.76. The average molecular weight is 236 g/mol. The first kappa shape index (κ1) is 11.6. The highest BCUT2D eigenvalue weighted by atomic mass is 32.1. The Morgan fingerprint density at radius 2 is 2.31 bits per heavy atom. The van der Waals surface area contributed by atoms with Gasteiger partial charge in [0.25, 0.3) is 0 Å². The molecule has 3 nitrogen and oxygen atoms in total. The summed E-state index contributed by atoms with van der Waals surface area (Å²) < 4.78 is 5.93. The molecule has 0 aromatic carbocycles. The summed E-state index contributed by atoms with van der Waals surface area (Å²) in [6, 6.07) is 2.14. The largest absolute Gasteiger partial charge is 0.368 e. The molecule has 0 spiro atoms. The van der Waals surface area contributed by atoms with Gasteiger partial charge in [-0.3, -0.25) is 0 Å². The van der Waals surface area contributed by atoms with E-state index in [-0.39, 0.29) is 5.60 Å². The highest BCUT2D eigenvalue weighted by Crippen LogP contribution is 2.43. The van der Waals surface area contributed by atoms with Gasteiger partial charge >= 0.3 is 0 Å². The Kier molecular flexibility index (Phi) is 3.57. The Morgan fingerprint density at radius 3 is 2.94 bits per heavy atom. The molecule has 1 aromatic heterocycles. The van der Waals surface area contributed by atoms with Crippen LogP contribution in [0.3, 0.4) is 0 Å². The molecular weight excluding hydrogens is 220 g/mol. The molecule has 1 aliphatic rings. The van der Waals surface area contributed by atoms with Crippen LogP contribution in [0, 0.1) is 11.3 Å². The van der Waals surface area contributed by atoms with Gasteiger partial charge in [0.1, 0.15) is 10.6 Å². The normalized spacial score (nSPS) is 18.5. The molecular formula is C12H16N2OS. The lowest BCUT2D eigenvalue weighted by Crippen LogP contribution is -2.26. The number of rotatable bonds is 4. The number of thiazole rings is 1. The first-order chi connectivity index (χ1) is 7.80. The topological polar surface area (TPSA) is 45.9 Å². The number of hydrogen-bond donors (Lipinski definition) is 0. The van der Waals surface area contributed by atoms with E-state index in [1.165, 1.54) is 12.8 Å². The van der Waals surface area contributed by atoms with E-state index in [1.54, 1.807) is 11.3 Å². The van der Waals surface area contributed by atoms with Gasteiger partial charge in [0.05, 0.1) is 18.2 Å². The molecule has 86 valence electrons.